The van der Waals surface area contributed by atoms with Gasteiger partial charge in [0.05, 0.1) is 5.41 Å². The molecule has 1 atom stereocenters. The Morgan fingerprint density at radius 1 is 1.07 bits per heavy atom. The van der Waals surface area contributed by atoms with Crippen LogP contribution in [0.2, 0.25) is 0 Å². The molecule has 4 rings (SSSR count). The molecular weight excluding hydrogens is 355 g/mol. The first-order valence-electron chi connectivity index (χ1n) is 9.88. The second-order valence-corrected chi connectivity index (χ2v) is 8.68. The van der Waals surface area contributed by atoms with Crippen molar-refractivity contribution in [2.75, 3.05) is 26.2 Å². The molecular formula is C23H27FN2O2. The molecule has 0 bridgehead atoms. The number of hydrogen-bond acceptors (Lipinski definition) is 3. The Labute approximate surface area is 165 Å². The van der Waals surface area contributed by atoms with Crippen molar-refractivity contribution in [1.29, 1.82) is 0 Å². The highest BCUT2D eigenvalue weighted by atomic mass is 19.1. The van der Waals surface area contributed by atoms with Crippen LogP contribution in [-0.4, -0.2) is 47.0 Å². The maximum absolute atomic E-state index is 14.5. The fourth-order valence-corrected chi connectivity index (χ4v) is 4.66. The number of phenols is 1. The van der Waals surface area contributed by atoms with Crippen LogP contribution in [0.4, 0.5) is 4.39 Å². The van der Waals surface area contributed by atoms with Gasteiger partial charge in [-0.1, -0.05) is 44.2 Å². The summed E-state index contributed by atoms with van der Waals surface area (Å²) in [4.78, 5) is 17.7. The van der Waals surface area contributed by atoms with E-state index in [2.05, 4.69) is 18.7 Å². The van der Waals surface area contributed by atoms with Crippen LogP contribution in [0.15, 0.2) is 48.5 Å². The fourth-order valence-electron chi connectivity index (χ4n) is 4.66. The molecule has 2 fully saturated rings. The number of piperazine rings is 1. The Balaban J connectivity index is 1.45. The van der Waals surface area contributed by atoms with Crippen molar-refractivity contribution >= 4 is 5.91 Å². The van der Waals surface area contributed by atoms with Gasteiger partial charge < -0.3 is 10.0 Å². The molecule has 1 heterocycles. The number of phenolic OH excluding ortho intramolecular Hbond substituents is 1. The Bertz CT molecular complexity index is 890. The number of carbonyl (C=O) groups is 1. The lowest BCUT2D eigenvalue weighted by molar-refractivity contribution is -0.136. The van der Waals surface area contributed by atoms with E-state index in [1.165, 1.54) is 6.07 Å². The minimum Gasteiger partial charge on any atom is -0.508 e. The Morgan fingerprint density at radius 3 is 2.36 bits per heavy atom. The third kappa shape index (κ3) is 3.18. The van der Waals surface area contributed by atoms with Crippen LogP contribution in [0.1, 0.15) is 31.4 Å². The van der Waals surface area contributed by atoms with E-state index in [0.29, 0.717) is 25.1 Å². The maximum Gasteiger partial charge on any atom is 0.233 e. The number of amides is 1. The number of hydrogen-bond donors (Lipinski definition) is 1. The summed E-state index contributed by atoms with van der Waals surface area (Å²) >= 11 is 0. The van der Waals surface area contributed by atoms with Crippen LogP contribution in [-0.2, 0) is 16.8 Å². The fraction of sp³-hybridized carbons (Fsp3) is 0.435. The van der Waals surface area contributed by atoms with Gasteiger partial charge in [-0.25, -0.2) is 4.39 Å². The summed E-state index contributed by atoms with van der Waals surface area (Å²) in [5.41, 5.74) is 0.620. The van der Waals surface area contributed by atoms with Crippen molar-refractivity contribution in [1.82, 2.24) is 9.80 Å². The number of benzene rings is 2. The predicted molar refractivity (Wildman–Crippen MR) is 106 cm³/mol. The summed E-state index contributed by atoms with van der Waals surface area (Å²) in [6.45, 7) is 7.68. The Hall–Kier alpha value is -2.40. The SMILES string of the molecule is CC1(C)C[C@@]1(C(=O)N1CCN(Cc2cccc(O)c2)CC1)c1ccccc1F. The van der Waals surface area contributed by atoms with Crippen LogP contribution >= 0.6 is 0 Å². The van der Waals surface area contributed by atoms with E-state index in [0.717, 1.165) is 25.2 Å². The highest BCUT2D eigenvalue weighted by Crippen LogP contribution is 2.65. The average molecular weight is 382 g/mol. The first-order valence-corrected chi connectivity index (χ1v) is 9.88. The standard InChI is InChI=1S/C23H27FN2O2/c1-22(2)16-23(22,19-8-3-4-9-20(19)24)21(28)26-12-10-25(11-13-26)15-17-6-5-7-18(27)14-17/h3-9,14,27H,10-13,15-16H2,1-2H3/t23-/m0/s1. The van der Waals surface area contributed by atoms with E-state index < -0.39 is 5.41 Å². The van der Waals surface area contributed by atoms with Crippen LogP contribution in [0.25, 0.3) is 0 Å². The lowest BCUT2D eigenvalue weighted by atomic mass is 9.86. The normalized spacial score (nSPS) is 24.2. The first-order chi connectivity index (χ1) is 13.3. The number of halogens is 1. The van der Waals surface area contributed by atoms with Crippen LogP contribution in [0.3, 0.4) is 0 Å². The molecule has 28 heavy (non-hydrogen) atoms. The van der Waals surface area contributed by atoms with Crippen LogP contribution in [0, 0.1) is 11.2 Å². The van der Waals surface area contributed by atoms with Crippen LogP contribution in [0.5, 0.6) is 5.75 Å². The zero-order valence-corrected chi connectivity index (χ0v) is 16.5. The molecule has 2 aromatic carbocycles. The summed E-state index contributed by atoms with van der Waals surface area (Å²) in [6.07, 6.45) is 0.684. The van der Waals surface area contributed by atoms with Crippen molar-refractivity contribution in [2.45, 2.75) is 32.2 Å². The minimum absolute atomic E-state index is 0.0552. The molecule has 0 unspecified atom stereocenters. The van der Waals surface area contributed by atoms with Gasteiger partial charge in [0.15, 0.2) is 0 Å². The van der Waals surface area contributed by atoms with E-state index in [-0.39, 0.29) is 22.9 Å². The van der Waals surface area contributed by atoms with Crippen molar-refractivity contribution < 1.29 is 14.3 Å². The highest BCUT2D eigenvalue weighted by Gasteiger charge is 2.68. The molecule has 1 N–H and O–H groups in total. The van der Waals surface area contributed by atoms with E-state index in [9.17, 15) is 14.3 Å². The molecule has 0 aromatic heterocycles. The van der Waals surface area contributed by atoms with Crippen molar-refractivity contribution in [3.8, 4) is 5.75 Å². The van der Waals surface area contributed by atoms with Gasteiger partial charge in [0.2, 0.25) is 5.91 Å². The topological polar surface area (TPSA) is 43.8 Å². The van der Waals surface area contributed by atoms with Gasteiger partial charge >= 0.3 is 0 Å². The molecule has 4 nitrogen and oxygen atoms in total. The summed E-state index contributed by atoms with van der Waals surface area (Å²) in [5.74, 6) is 0.0395. The van der Waals surface area contributed by atoms with Gasteiger partial charge in [-0.05, 0) is 35.6 Å². The second-order valence-electron chi connectivity index (χ2n) is 8.68. The molecule has 1 aliphatic heterocycles. The molecule has 0 spiro atoms. The third-order valence-electron chi connectivity index (χ3n) is 6.41. The Morgan fingerprint density at radius 2 is 1.75 bits per heavy atom. The largest absolute Gasteiger partial charge is 0.508 e. The highest BCUT2D eigenvalue weighted by molar-refractivity contribution is 5.93. The first kappa shape index (κ1) is 18.9. The quantitative estimate of drug-likeness (QED) is 0.880. The van der Waals surface area contributed by atoms with Crippen molar-refractivity contribution in [3.05, 3.63) is 65.5 Å². The second kappa shape index (κ2) is 6.89. The molecule has 0 radical (unpaired) electrons. The lowest BCUT2D eigenvalue weighted by Gasteiger charge is -2.37. The molecule has 1 saturated carbocycles. The van der Waals surface area contributed by atoms with Crippen molar-refractivity contribution in [3.63, 3.8) is 0 Å². The smallest absolute Gasteiger partial charge is 0.233 e. The minimum atomic E-state index is -0.744. The van der Waals surface area contributed by atoms with E-state index in [1.54, 1.807) is 24.3 Å². The van der Waals surface area contributed by atoms with Crippen molar-refractivity contribution in [2.24, 2.45) is 5.41 Å². The summed E-state index contributed by atoms with van der Waals surface area (Å²) in [6, 6.07) is 14.0. The lowest BCUT2D eigenvalue weighted by Crippen LogP contribution is -2.52. The van der Waals surface area contributed by atoms with Gasteiger partial charge in [0.1, 0.15) is 11.6 Å². The van der Waals surface area contributed by atoms with Gasteiger partial charge in [-0.3, -0.25) is 9.69 Å². The molecule has 148 valence electrons. The van der Waals surface area contributed by atoms with E-state index >= 15 is 0 Å². The van der Waals surface area contributed by atoms with Gasteiger partial charge in [0, 0.05) is 38.3 Å². The van der Waals surface area contributed by atoms with E-state index in [1.807, 2.05) is 23.1 Å². The number of nitrogens with zero attached hydrogens (tertiary/aromatic N) is 2. The zero-order valence-electron chi connectivity index (χ0n) is 16.5. The Kier molecular flexibility index (Phi) is 4.66. The molecule has 5 heteroatoms. The number of aromatic hydroxyl groups is 1. The third-order valence-corrected chi connectivity index (χ3v) is 6.41. The predicted octanol–water partition coefficient (Wildman–Crippen LogP) is 3.54. The molecule has 2 aromatic rings. The van der Waals surface area contributed by atoms with Crippen LogP contribution < -0.4 is 0 Å². The zero-order chi connectivity index (χ0) is 19.9. The summed E-state index contributed by atoms with van der Waals surface area (Å²) in [7, 11) is 0. The van der Waals surface area contributed by atoms with E-state index in [4.69, 9.17) is 0 Å². The van der Waals surface area contributed by atoms with Gasteiger partial charge in [-0.15, -0.1) is 0 Å². The molecule has 1 saturated heterocycles. The molecule has 2 aliphatic rings. The monoisotopic (exact) mass is 382 g/mol. The summed E-state index contributed by atoms with van der Waals surface area (Å²) < 4.78 is 14.5. The number of carbonyl (C=O) groups excluding carboxylic acids is 1. The summed E-state index contributed by atoms with van der Waals surface area (Å²) in [5, 5.41) is 9.63. The van der Waals surface area contributed by atoms with Gasteiger partial charge in [-0.2, -0.15) is 0 Å². The maximum atomic E-state index is 14.5. The molecule has 1 aliphatic carbocycles. The van der Waals surface area contributed by atoms with Gasteiger partial charge in [0.25, 0.3) is 0 Å². The number of rotatable bonds is 4. The molecule has 1 amide bonds. The average Bonchev–Trinajstić information content (AvgIpc) is 3.25.